The predicted molar refractivity (Wildman–Crippen MR) is 376 cm³/mol. The van der Waals surface area contributed by atoms with Crippen molar-refractivity contribution in [2.24, 2.45) is 23.7 Å². The second-order valence-electron chi connectivity index (χ2n) is 31.0. The molecule has 4 saturated heterocycles. The topological polar surface area (TPSA) is 270 Å². The Bertz CT molecular complexity index is 3220. The summed E-state index contributed by atoms with van der Waals surface area (Å²) in [5, 5.41) is 8.30. The van der Waals surface area contributed by atoms with Crippen LogP contribution < -0.4 is 16.0 Å². The largest absolute Gasteiger partial charge is 0.417 e. The van der Waals surface area contributed by atoms with Crippen molar-refractivity contribution in [3.8, 4) is 0 Å². The molecule has 1 spiro atoms. The van der Waals surface area contributed by atoms with Gasteiger partial charge in [-0.1, -0.05) is 110 Å². The van der Waals surface area contributed by atoms with Crippen molar-refractivity contribution in [2.45, 2.75) is 261 Å². The molecule has 0 bridgehead atoms. The van der Waals surface area contributed by atoms with E-state index in [0.717, 1.165) is 74.8 Å². The molecule has 24 nitrogen and oxygen atoms in total. The molecule has 3 aliphatic carbocycles. The maximum Gasteiger partial charge on any atom is 0.417 e. The van der Waals surface area contributed by atoms with E-state index < -0.39 is 166 Å². The van der Waals surface area contributed by atoms with Crippen LogP contribution in [0.4, 0.5) is 13.2 Å². The van der Waals surface area contributed by atoms with Crippen molar-refractivity contribution in [3.63, 3.8) is 0 Å². The monoisotopic (exact) mass is 1450 g/mol. The molecule has 102 heavy (non-hydrogen) atoms. The Morgan fingerprint density at radius 2 is 1.23 bits per heavy atom. The highest BCUT2D eigenvalue weighted by Crippen LogP contribution is 2.38. The molecule has 4 aliphatic heterocycles. The van der Waals surface area contributed by atoms with Crippen molar-refractivity contribution in [3.05, 3.63) is 34.3 Å². The molecule has 9 atom stereocenters. The van der Waals surface area contributed by atoms with E-state index in [1.165, 1.54) is 82.7 Å². The number of alkyl halides is 3. The second-order valence-corrected chi connectivity index (χ2v) is 31.4. The number of halogens is 4. The zero-order chi connectivity index (χ0) is 74.8. The van der Waals surface area contributed by atoms with Gasteiger partial charge < -0.3 is 60.0 Å². The minimum Gasteiger partial charge on any atom is -0.343 e. The normalized spacial score (nSPS) is 28.3. The summed E-state index contributed by atoms with van der Waals surface area (Å²) in [6, 6.07) is -7.70. The summed E-state index contributed by atoms with van der Waals surface area (Å²) < 4.78 is 41.7. The summed E-state index contributed by atoms with van der Waals surface area (Å²) in [6.07, 6.45) is 7.10. The van der Waals surface area contributed by atoms with E-state index in [9.17, 15) is 27.6 Å². The fourth-order valence-electron chi connectivity index (χ4n) is 16.7. The van der Waals surface area contributed by atoms with Crippen molar-refractivity contribution in [2.75, 3.05) is 75.0 Å². The molecule has 8 rings (SSSR count). The number of carbonyl (C=O) groups excluding carboxylic acids is 12. The summed E-state index contributed by atoms with van der Waals surface area (Å²) in [5.74, 6) is -8.52. The van der Waals surface area contributed by atoms with Crippen LogP contribution in [0.25, 0.3) is 0 Å². The van der Waals surface area contributed by atoms with E-state index in [2.05, 4.69) is 16.0 Å². The number of carbonyl (C=O) groups is 12. The third kappa shape index (κ3) is 18.9. The molecule has 1 aromatic rings. The zero-order valence-electron chi connectivity index (χ0n) is 61.9. The maximum absolute atomic E-state index is 15.5. The summed E-state index contributed by atoms with van der Waals surface area (Å²) >= 11 is 6.17. The minimum absolute atomic E-state index is 0.0263. The van der Waals surface area contributed by atoms with Gasteiger partial charge in [0.2, 0.25) is 70.9 Å². The van der Waals surface area contributed by atoms with Crippen molar-refractivity contribution in [1.29, 1.82) is 0 Å². The number of nitrogens with zero attached hydrogens (tertiary/aromatic N) is 9. The highest BCUT2D eigenvalue weighted by atomic mass is 35.5. The molecule has 3 N–H and O–H groups in total. The van der Waals surface area contributed by atoms with Gasteiger partial charge in [0.25, 0.3) is 0 Å². The molecule has 4 heterocycles. The van der Waals surface area contributed by atoms with Gasteiger partial charge in [-0.2, -0.15) is 13.2 Å². The van der Waals surface area contributed by atoms with Gasteiger partial charge >= 0.3 is 6.18 Å². The number of likely N-dealkylation sites (tertiary alicyclic amines) is 1. The number of nitrogens with one attached hydrogen (secondary N) is 3. The van der Waals surface area contributed by atoms with Gasteiger partial charge in [0.1, 0.15) is 59.9 Å². The third-order valence-corrected chi connectivity index (χ3v) is 23.4. The molecule has 7 aliphatic rings. The molecule has 7 fully saturated rings. The summed E-state index contributed by atoms with van der Waals surface area (Å²) in [6.45, 7) is 9.13. The Kier molecular flexibility index (Phi) is 27.8. The van der Waals surface area contributed by atoms with E-state index in [1.54, 1.807) is 25.7 Å². The predicted octanol–water partition coefficient (Wildman–Crippen LogP) is 6.56. The third-order valence-electron chi connectivity index (χ3n) is 23.1. The number of piperidine rings is 1. The average Bonchev–Trinajstić information content (AvgIpc) is 1.09. The lowest BCUT2D eigenvalue weighted by Gasteiger charge is -2.45. The molecule has 0 aromatic heterocycles. The Morgan fingerprint density at radius 1 is 0.608 bits per heavy atom. The maximum atomic E-state index is 15.5. The highest BCUT2D eigenvalue weighted by Gasteiger charge is 2.52. The molecule has 1 aromatic carbocycles. The second kappa shape index (κ2) is 35.1. The zero-order valence-corrected chi connectivity index (χ0v) is 62.6. The van der Waals surface area contributed by atoms with Gasteiger partial charge in [-0.15, -0.1) is 0 Å². The van der Waals surface area contributed by atoms with Crippen LogP contribution in [-0.2, 0) is 70.1 Å². The Morgan fingerprint density at radius 3 is 1.81 bits per heavy atom. The number of likely N-dealkylation sites (N-methyl/N-ethyl adjacent to an activating group) is 6. The van der Waals surface area contributed by atoms with Gasteiger partial charge in [0.15, 0.2) is 0 Å². The van der Waals surface area contributed by atoms with Gasteiger partial charge in [-0.25, -0.2) is 0 Å². The Labute approximate surface area is 604 Å². The average molecular weight is 1450 g/mol. The Hall–Kier alpha value is -7.06. The lowest BCUT2D eigenvalue weighted by atomic mass is 9.83. The van der Waals surface area contributed by atoms with Gasteiger partial charge in [0, 0.05) is 68.5 Å². The number of hydrogen-bond donors (Lipinski definition) is 3. The quantitative estimate of drug-likeness (QED) is 0.225. The first-order chi connectivity index (χ1) is 48.2. The summed E-state index contributed by atoms with van der Waals surface area (Å²) in [7, 11) is 8.71. The fourth-order valence-corrected chi connectivity index (χ4v) is 17.0. The SMILES string of the molecule is CC(C)C[C@H]1C(=O)N[C@@H](C2CCCCC2)C(=O)N(C)[C@@H](C)C(=O)N2CC[C@H]2C(=O)N(C)[C@@H](CC2CCCCC2)C(=O)N(C)CC(=O)N[C@@H](CCc2ccc(C(F)(F)F)c(Cl)c2)C(=O)N2CCC[C@H]2C(=O)NC2(CCCC2)C(=O)N(C)[C@@H](C(C)C)C(=O)N(C)[C@H](C(=O)N2CCCCC2)CC(=O)N1C. The number of benzene rings is 1. The van der Waals surface area contributed by atoms with Gasteiger partial charge in [0.05, 0.1) is 23.6 Å². The van der Waals surface area contributed by atoms with E-state index in [1.807, 2.05) is 13.8 Å². The van der Waals surface area contributed by atoms with E-state index >= 15 is 43.2 Å². The number of aryl methyl sites for hydroxylation is 1. The molecular formula is C74H112ClF3N12O12. The van der Waals surface area contributed by atoms with Crippen LogP contribution in [0.1, 0.15) is 200 Å². The van der Waals surface area contributed by atoms with Crippen LogP contribution in [-0.4, -0.2) is 250 Å². The van der Waals surface area contributed by atoms with Crippen LogP contribution in [0.2, 0.25) is 5.02 Å². The van der Waals surface area contributed by atoms with Crippen molar-refractivity contribution in [1.82, 2.24) is 60.0 Å². The molecule has 568 valence electrons. The smallest absolute Gasteiger partial charge is 0.343 e. The standard InChI is InChI=1S/C74H112ClF3N12O12/c1-45(2)40-56-63(93)80-61(50-26-17-13-18-27-50)70(100)83(7)47(5)65(95)90-39-33-55(90)68(98)85(9)57(42-48-24-15-12-16-25-48)67(97)82(6)44-59(91)79-53(32-30-49-29-31-51(52(75)41-49)74(76,77)78)66(96)89-38-23-28-54(89)64(94)81-73(34-19-20-35-73)72(102)87(11)62(46(3)4)71(101)86(10)58(43-60(92)84(56)8)69(99)88-36-21-14-22-37-88/h29,31,41,45-48,50,53-58,61-62H,12-28,30,32-40,42-44H2,1-11H3,(H,79,91)(H,80,93)(H,81,94)/t47-,53-,54-,55-,56-,57-,58-,61-,62-/m0/s1. The van der Waals surface area contributed by atoms with Crippen LogP contribution >= 0.6 is 11.6 Å². The van der Waals surface area contributed by atoms with Gasteiger partial charge in [-0.3, -0.25) is 57.5 Å². The van der Waals surface area contributed by atoms with Crippen LogP contribution in [0.5, 0.6) is 0 Å². The fraction of sp³-hybridized carbons (Fsp3) is 0.757. The number of amides is 12. The molecule has 0 unspecified atom stereocenters. The first-order valence-electron chi connectivity index (χ1n) is 37.4. The molecule has 12 amide bonds. The highest BCUT2D eigenvalue weighted by molar-refractivity contribution is 6.31. The van der Waals surface area contributed by atoms with E-state index in [-0.39, 0.29) is 82.2 Å². The number of hydrogen-bond acceptors (Lipinski definition) is 12. The molecule has 28 heteroatoms. The lowest BCUT2D eigenvalue weighted by molar-refractivity contribution is -0.160. The molecule has 3 saturated carbocycles. The van der Waals surface area contributed by atoms with E-state index in [0.29, 0.717) is 63.6 Å². The first-order valence-corrected chi connectivity index (χ1v) is 37.8. The van der Waals surface area contributed by atoms with E-state index in [4.69, 9.17) is 11.6 Å². The lowest BCUT2D eigenvalue weighted by Crippen LogP contribution is -2.65. The van der Waals surface area contributed by atoms with Crippen LogP contribution in [0.15, 0.2) is 18.2 Å². The molecule has 0 radical (unpaired) electrons. The number of fused-ring (bicyclic) bond motifs is 2. The summed E-state index contributed by atoms with van der Waals surface area (Å²) in [4.78, 5) is 193. The van der Waals surface area contributed by atoms with Crippen molar-refractivity contribution >= 4 is 82.5 Å². The van der Waals surface area contributed by atoms with Crippen LogP contribution in [0.3, 0.4) is 0 Å². The number of rotatable bonds is 10. The first kappa shape index (κ1) is 80.6. The van der Waals surface area contributed by atoms with Crippen LogP contribution in [0, 0.1) is 23.7 Å². The van der Waals surface area contributed by atoms with Crippen molar-refractivity contribution < 1.29 is 70.7 Å². The minimum atomic E-state index is -4.76. The van der Waals surface area contributed by atoms with Gasteiger partial charge in [-0.05, 0) is 138 Å². The Balaban J connectivity index is 1.17. The summed E-state index contributed by atoms with van der Waals surface area (Å²) in [5.41, 5.74) is -2.35. The molecular weight excluding hydrogens is 1340 g/mol.